The normalized spacial score (nSPS) is 10.1. The summed E-state index contributed by atoms with van der Waals surface area (Å²) in [4.78, 5) is 23.7. The Morgan fingerprint density at radius 1 is 1.09 bits per heavy atom. The Morgan fingerprint density at radius 3 is 2.32 bits per heavy atom. The number of halogens is 1. The second kappa shape index (κ2) is 6.71. The predicted molar refractivity (Wildman–Crippen MR) is 78.4 cm³/mol. The molecule has 0 unspecified atom stereocenters. The molecule has 2 rings (SSSR count). The van der Waals surface area contributed by atoms with Crippen molar-refractivity contribution < 1.29 is 23.5 Å². The molecule has 0 aliphatic carbocycles. The first kappa shape index (κ1) is 15.5. The lowest BCUT2D eigenvalue weighted by atomic mass is 10.1. The van der Waals surface area contributed by atoms with E-state index in [1.54, 1.807) is 0 Å². The molecule has 2 N–H and O–H groups in total. The molecule has 0 spiro atoms. The van der Waals surface area contributed by atoms with E-state index in [2.05, 4.69) is 0 Å². The molecule has 2 aromatic rings. The number of benzene rings is 2. The van der Waals surface area contributed by atoms with Gasteiger partial charge in [-0.1, -0.05) is 0 Å². The maximum Gasteiger partial charge on any atom is 0.338 e. The smallest absolute Gasteiger partial charge is 0.338 e. The van der Waals surface area contributed by atoms with Gasteiger partial charge in [0.25, 0.3) is 0 Å². The molecule has 2 aromatic carbocycles. The summed E-state index contributed by atoms with van der Waals surface area (Å²) in [6, 6.07) is 9.42. The van der Waals surface area contributed by atoms with Gasteiger partial charge in [-0.2, -0.15) is 0 Å². The van der Waals surface area contributed by atoms with E-state index in [0.29, 0.717) is 11.4 Å². The second-order valence-electron chi connectivity index (χ2n) is 4.46. The van der Waals surface area contributed by atoms with Crippen LogP contribution in [0.4, 0.5) is 10.1 Å². The van der Waals surface area contributed by atoms with E-state index in [9.17, 15) is 14.0 Å². The first-order valence-corrected chi connectivity index (χ1v) is 6.40. The molecule has 5 nitrogen and oxygen atoms in total. The predicted octanol–water partition coefficient (Wildman–Crippen LogP) is 2.46. The van der Waals surface area contributed by atoms with Crippen molar-refractivity contribution in [2.24, 2.45) is 0 Å². The van der Waals surface area contributed by atoms with Gasteiger partial charge >= 0.3 is 5.97 Å². The number of rotatable bonds is 5. The topological polar surface area (TPSA) is 78.6 Å². The Kier molecular flexibility index (Phi) is 4.73. The fourth-order valence-electron chi connectivity index (χ4n) is 1.79. The number of ether oxygens (including phenoxy) is 2. The summed E-state index contributed by atoms with van der Waals surface area (Å²) in [5.74, 6) is -1.10. The number of hydrogen-bond acceptors (Lipinski definition) is 5. The second-order valence-corrected chi connectivity index (χ2v) is 4.46. The molecule has 0 aliphatic rings. The van der Waals surface area contributed by atoms with Crippen LogP contribution in [0.2, 0.25) is 0 Å². The lowest BCUT2D eigenvalue weighted by molar-refractivity contribution is 0.0475. The maximum atomic E-state index is 12.8. The number of nitrogen functional groups attached to an aromatic ring is 1. The summed E-state index contributed by atoms with van der Waals surface area (Å²) in [6.45, 7) is -0.434. The van der Waals surface area contributed by atoms with Crippen LogP contribution >= 0.6 is 0 Å². The van der Waals surface area contributed by atoms with Crippen molar-refractivity contribution in [1.82, 2.24) is 0 Å². The standard InChI is InChI=1S/C16H14FNO4/c1-21-15-7-4-11(8-13(15)18)16(20)22-9-14(19)10-2-5-12(17)6-3-10/h2-8H,9,18H2,1H3. The highest BCUT2D eigenvalue weighted by atomic mass is 19.1. The molecule has 0 radical (unpaired) electrons. The average molecular weight is 303 g/mol. The average Bonchev–Trinajstić information content (AvgIpc) is 2.52. The first-order chi connectivity index (χ1) is 10.5. The number of hydrogen-bond donors (Lipinski definition) is 1. The molecule has 0 fully saturated rings. The van der Waals surface area contributed by atoms with E-state index in [0.717, 1.165) is 0 Å². The molecule has 0 heterocycles. The van der Waals surface area contributed by atoms with Crippen LogP contribution in [-0.4, -0.2) is 25.5 Å². The highest BCUT2D eigenvalue weighted by Crippen LogP contribution is 2.22. The van der Waals surface area contributed by atoms with Crippen molar-refractivity contribution >= 4 is 17.4 Å². The number of nitrogens with two attached hydrogens (primary N) is 1. The molecule has 0 bridgehead atoms. The van der Waals surface area contributed by atoms with E-state index in [1.165, 1.54) is 49.6 Å². The SMILES string of the molecule is COc1ccc(C(=O)OCC(=O)c2ccc(F)cc2)cc1N. The van der Waals surface area contributed by atoms with Gasteiger partial charge in [-0.3, -0.25) is 4.79 Å². The largest absolute Gasteiger partial charge is 0.495 e. The Morgan fingerprint density at radius 2 is 1.73 bits per heavy atom. The third kappa shape index (κ3) is 3.60. The van der Waals surface area contributed by atoms with E-state index < -0.39 is 24.2 Å². The molecular formula is C16H14FNO4. The van der Waals surface area contributed by atoms with Gasteiger partial charge in [0.05, 0.1) is 18.4 Å². The quantitative estimate of drug-likeness (QED) is 0.521. The molecule has 114 valence electrons. The van der Waals surface area contributed by atoms with E-state index >= 15 is 0 Å². The van der Waals surface area contributed by atoms with Crippen molar-refractivity contribution in [1.29, 1.82) is 0 Å². The lowest BCUT2D eigenvalue weighted by Crippen LogP contribution is -2.14. The fraction of sp³-hybridized carbons (Fsp3) is 0.125. The minimum absolute atomic E-state index is 0.213. The zero-order valence-electron chi connectivity index (χ0n) is 11.8. The number of esters is 1. The number of anilines is 1. The van der Waals surface area contributed by atoms with Crippen LogP contribution in [0.25, 0.3) is 0 Å². The van der Waals surface area contributed by atoms with Crippen LogP contribution in [0.1, 0.15) is 20.7 Å². The van der Waals surface area contributed by atoms with E-state index in [4.69, 9.17) is 15.2 Å². The molecule has 22 heavy (non-hydrogen) atoms. The van der Waals surface area contributed by atoms with E-state index in [-0.39, 0.29) is 11.1 Å². The molecule has 0 saturated heterocycles. The molecule has 0 aliphatic heterocycles. The molecule has 0 aromatic heterocycles. The van der Waals surface area contributed by atoms with Crippen molar-refractivity contribution in [2.45, 2.75) is 0 Å². The van der Waals surface area contributed by atoms with Gasteiger partial charge < -0.3 is 15.2 Å². The van der Waals surface area contributed by atoms with Crippen LogP contribution < -0.4 is 10.5 Å². The molecule has 0 amide bonds. The fourth-order valence-corrected chi connectivity index (χ4v) is 1.79. The number of ketones is 1. The summed E-state index contributed by atoms with van der Waals surface area (Å²) in [5.41, 5.74) is 6.47. The van der Waals surface area contributed by atoms with Gasteiger partial charge in [-0.15, -0.1) is 0 Å². The third-order valence-corrected chi connectivity index (χ3v) is 2.97. The Balaban J connectivity index is 1.99. The maximum absolute atomic E-state index is 12.8. The summed E-state index contributed by atoms with van der Waals surface area (Å²) < 4.78 is 22.7. The summed E-state index contributed by atoms with van der Waals surface area (Å²) >= 11 is 0. The van der Waals surface area contributed by atoms with Gasteiger partial charge in [-0.25, -0.2) is 9.18 Å². The molecule has 6 heteroatoms. The van der Waals surface area contributed by atoms with Crippen molar-refractivity contribution in [2.75, 3.05) is 19.5 Å². The lowest BCUT2D eigenvalue weighted by Gasteiger charge is -2.07. The Bertz CT molecular complexity index is 698. The highest BCUT2D eigenvalue weighted by molar-refractivity contribution is 5.99. The molecule has 0 saturated carbocycles. The van der Waals surface area contributed by atoms with Gasteiger partial charge in [0.1, 0.15) is 11.6 Å². The van der Waals surface area contributed by atoms with Crippen molar-refractivity contribution in [3.63, 3.8) is 0 Å². The van der Waals surface area contributed by atoms with Crippen molar-refractivity contribution in [3.8, 4) is 5.75 Å². The van der Waals surface area contributed by atoms with Crippen LogP contribution in [0, 0.1) is 5.82 Å². The number of Topliss-reactive ketones (excluding diaryl/α,β-unsaturated/α-hetero) is 1. The number of carbonyl (C=O) groups excluding carboxylic acids is 2. The number of methoxy groups -OCH3 is 1. The van der Waals surface area contributed by atoms with Gasteiger partial charge in [0, 0.05) is 5.56 Å². The van der Waals surface area contributed by atoms with Crippen LogP contribution in [0.5, 0.6) is 5.75 Å². The summed E-state index contributed by atoms with van der Waals surface area (Å²) in [5, 5.41) is 0. The molecule has 0 atom stereocenters. The van der Waals surface area contributed by atoms with Crippen LogP contribution in [-0.2, 0) is 4.74 Å². The highest BCUT2D eigenvalue weighted by Gasteiger charge is 2.13. The summed E-state index contributed by atoms with van der Waals surface area (Å²) in [6.07, 6.45) is 0. The van der Waals surface area contributed by atoms with E-state index in [1.807, 2.05) is 0 Å². The van der Waals surface area contributed by atoms with Gasteiger partial charge in [0.2, 0.25) is 0 Å². The minimum Gasteiger partial charge on any atom is -0.495 e. The third-order valence-electron chi connectivity index (χ3n) is 2.97. The first-order valence-electron chi connectivity index (χ1n) is 6.40. The Labute approximate surface area is 126 Å². The summed E-state index contributed by atoms with van der Waals surface area (Å²) in [7, 11) is 1.46. The zero-order valence-corrected chi connectivity index (χ0v) is 11.8. The number of carbonyl (C=O) groups is 2. The van der Waals surface area contributed by atoms with Gasteiger partial charge in [0.15, 0.2) is 12.4 Å². The Hall–Kier alpha value is -2.89. The van der Waals surface area contributed by atoms with Crippen molar-refractivity contribution in [3.05, 3.63) is 59.4 Å². The zero-order chi connectivity index (χ0) is 16.1. The van der Waals surface area contributed by atoms with Crippen LogP contribution in [0.15, 0.2) is 42.5 Å². The van der Waals surface area contributed by atoms with Gasteiger partial charge in [-0.05, 0) is 42.5 Å². The minimum atomic E-state index is -0.676. The van der Waals surface area contributed by atoms with Crippen LogP contribution in [0.3, 0.4) is 0 Å². The molecular weight excluding hydrogens is 289 g/mol. The monoisotopic (exact) mass is 303 g/mol.